The molecule has 0 spiro atoms. The minimum Gasteiger partial charge on any atom is -0.252 e. The van der Waals surface area contributed by atoms with E-state index in [4.69, 9.17) is 4.98 Å². The van der Waals surface area contributed by atoms with E-state index >= 15 is 0 Å². The smallest absolute Gasteiger partial charge is 0.0711 e. The van der Waals surface area contributed by atoms with E-state index in [1.54, 1.807) is 0 Å². The standard InChI is InChI=1S/C20H15N/c1-2-6-15(7-3-1)12-19-11-10-18-13-16-8-4-5-9-17(16)14-20(18)21-19/h1-11,13-14H,12H2. The van der Waals surface area contributed by atoms with E-state index in [0.29, 0.717) is 0 Å². The van der Waals surface area contributed by atoms with Gasteiger partial charge in [-0.1, -0.05) is 60.7 Å². The number of pyridine rings is 1. The van der Waals surface area contributed by atoms with Gasteiger partial charge < -0.3 is 0 Å². The number of nitrogens with zero attached hydrogens (tertiary/aromatic N) is 1. The minimum absolute atomic E-state index is 0.879. The summed E-state index contributed by atoms with van der Waals surface area (Å²) in [5.74, 6) is 0. The zero-order chi connectivity index (χ0) is 14.1. The molecule has 0 N–H and O–H groups in total. The van der Waals surface area contributed by atoms with Crippen LogP contribution in [0, 0.1) is 0 Å². The van der Waals surface area contributed by atoms with Gasteiger partial charge in [-0.2, -0.15) is 0 Å². The molecule has 3 aromatic carbocycles. The molecule has 1 heteroatoms. The first kappa shape index (κ1) is 12.1. The molecular formula is C20H15N. The maximum Gasteiger partial charge on any atom is 0.0711 e. The predicted octanol–water partition coefficient (Wildman–Crippen LogP) is 4.98. The highest BCUT2D eigenvalue weighted by Gasteiger charge is 2.02. The lowest BCUT2D eigenvalue weighted by Gasteiger charge is -2.05. The van der Waals surface area contributed by atoms with Crippen LogP contribution in [0.25, 0.3) is 21.7 Å². The zero-order valence-corrected chi connectivity index (χ0v) is 11.7. The van der Waals surface area contributed by atoms with Gasteiger partial charge in [0.1, 0.15) is 0 Å². The first-order valence-electron chi connectivity index (χ1n) is 7.21. The van der Waals surface area contributed by atoms with E-state index < -0.39 is 0 Å². The van der Waals surface area contributed by atoms with Gasteiger partial charge in [0.15, 0.2) is 0 Å². The quantitative estimate of drug-likeness (QED) is 0.468. The molecular weight excluding hydrogens is 254 g/mol. The number of rotatable bonds is 2. The van der Waals surface area contributed by atoms with Gasteiger partial charge in [0.05, 0.1) is 5.52 Å². The van der Waals surface area contributed by atoms with E-state index in [1.165, 1.54) is 21.7 Å². The van der Waals surface area contributed by atoms with Crippen LogP contribution in [0.3, 0.4) is 0 Å². The fourth-order valence-corrected chi connectivity index (χ4v) is 2.76. The van der Waals surface area contributed by atoms with E-state index in [1.807, 2.05) is 6.07 Å². The van der Waals surface area contributed by atoms with Gasteiger partial charge in [0.25, 0.3) is 0 Å². The molecule has 4 aromatic rings. The number of hydrogen-bond acceptors (Lipinski definition) is 1. The van der Waals surface area contributed by atoms with Crippen molar-refractivity contribution in [3.05, 3.63) is 90.1 Å². The average Bonchev–Trinajstić information content (AvgIpc) is 2.54. The summed E-state index contributed by atoms with van der Waals surface area (Å²) in [5, 5.41) is 3.71. The summed E-state index contributed by atoms with van der Waals surface area (Å²) < 4.78 is 0. The third kappa shape index (κ3) is 2.38. The summed E-state index contributed by atoms with van der Waals surface area (Å²) in [6.45, 7) is 0. The fourth-order valence-electron chi connectivity index (χ4n) is 2.76. The van der Waals surface area contributed by atoms with Crippen molar-refractivity contribution in [3.8, 4) is 0 Å². The van der Waals surface area contributed by atoms with E-state index in [0.717, 1.165) is 17.6 Å². The van der Waals surface area contributed by atoms with Crippen LogP contribution >= 0.6 is 0 Å². The summed E-state index contributed by atoms with van der Waals surface area (Å²) >= 11 is 0. The maximum atomic E-state index is 4.82. The molecule has 1 aromatic heterocycles. The largest absolute Gasteiger partial charge is 0.252 e. The fraction of sp³-hybridized carbons (Fsp3) is 0.0500. The molecule has 1 nitrogen and oxygen atoms in total. The highest BCUT2D eigenvalue weighted by Crippen LogP contribution is 2.22. The van der Waals surface area contributed by atoms with Gasteiger partial charge in [0, 0.05) is 17.5 Å². The van der Waals surface area contributed by atoms with Crippen molar-refractivity contribution in [1.29, 1.82) is 0 Å². The molecule has 0 aliphatic heterocycles. The Morgan fingerprint density at radius 2 is 1.33 bits per heavy atom. The molecule has 0 aliphatic carbocycles. The van der Waals surface area contributed by atoms with Crippen LogP contribution in [0.1, 0.15) is 11.3 Å². The first-order valence-corrected chi connectivity index (χ1v) is 7.21. The molecule has 0 amide bonds. The third-order valence-electron chi connectivity index (χ3n) is 3.84. The lowest BCUT2D eigenvalue weighted by molar-refractivity contribution is 1.10. The molecule has 100 valence electrons. The van der Waals surface area contributed by atoms with Crippen LogP contribution in [-0.2, 0) is 6.42 Å². The van der Waals surface area contributed by atoms with Crippen LogP contribution in [0.5, 0.6) is 0 Å². The highest BCUT2D eigenvalue weighted by atomic mass is 14.7. The van der Waals surface area contributed by atoms with Crippen molar-refractivity contribution in [2.24, 2.45) is 0 Å². The van der Waals surface area contributed by atoms with Gasteiger partial charge in [-0.3, -0.25) is 4.98 Å². The van der Waals surface area contributed by atoms with Crippen molar-refractivity contribution < 1.29 is 0 Å². The predicted molar refractivity (Wildman–Crippen MR) is 88.5 cm³/mol. The van der Waals surface area contributed by atoms with Crippen molar-refractivity contribution in [2.45, 2.75) is 6.42 Å². The molecule has 0 unspecified atom stereocenters. The van der Waals surface area contributed by atoms with Gasteiger partial charge in [0.2, 0.25) is 0 Å². The van der Waals surface area contributed by atoms with Gasteiger partial charge in [-0.15, -0.1) is 0 Å². The summed E-state index contributed by atoms with van der Waals surface area (Å²) in [6.07, 6.45) is 0.879. The Hall–Kier alpha value is -2.67. The van der Waals surface area contributed by atoms with Gasteiger partial charge >= 0.3 is 0 Å². The van der Waals surface area contributed by atoms with Crippen LogP contribution in [0.4, 0.5) is 0 Å². The molecule has 0 bridgehead atoms. The van der Waals surface area contributed by atoms with Crippen molar-refractivity contribution in [1.82, 2.24) is 4.98 Å². The normalized spacial score (nSPS) is 11.0. The lowest BCUT2D eigenvalue weighted by Crippen LogP contribution is -1.92. The number of aromatic nitrogens is 1. The average molecular weight is 269 g/mol. The number of hydrogen-bond donors (Lipinski definition) is 0. The van der Waals surface area contributed by atoms with Gasteiger partial charge in [-0.25, -0.2) is 0 Å². The molecule has 0 aliphatic rings. The summed E-state index contributed by atoms with van der Waals surface area (Å²) in [7, 11) is 0. The van der Waals surface area contributed by atoms with E-state index in [-0.39, 0.29) is 0 Å². The first-order chi connectivity index (χ1) is 10.4. The van der Waals surface area contributed by atoms with Crippen LogP contribution < -0.4 is 0 Å². The second-order valence-corrected chi connectivity index (χ2v) is 5.36. The second-order valence-electron chi connectivity index (χ2n) is 5.36. The topological polar surface area (TPSA) is 12.9 Å². The molecule has 4 rings (SSSR count). The third-order valence-corrected chi connectivity index (χ3v) is 3.84. The Kier molecular flexibility index (Phi) is 2.89. The Morgan fingerprint density at radius 3 is 2.14 bits per heavy atom. The van der Waals surface area contributed by atoms with Crippen molar-refractivity contribution >= 4 is 21.7 Å². The monoisotopic (exact) mass is 269 g/mol. The molecule has 0 saturated carbocycles. The Labute approximate surface area is 123 Å². The van der Waals surface area contributed by atoms with Crippen LogP contribution in [-0.4, -0.2) is 4.98 Å². The number of benzene rings is 3. The van der Waals surface area contributed by atoms with E-state index in [9.17, 15) is 0 Å². The molecule has 21 heavy (non-hydrogen) atoms. The SMILES string of the molecule is c1ccc(Cc2ccc3cc4ccccc4cc3n2)cc1. The molecule has 0 radical (unpaired) electrons. The maximum absolute atomic E-state index is 4.82. The Balaban J connectivity index is 1.80. The molecule has 0 atom stereocenters. The van der Waals surface area contributed by atoms with Crippen LogP contribution in [0.2, 0.25) is 0 Å². The summed E-state index contributed by atoms with van der Waals surface area (Å²) in [6, 6.07) is 27.6. The second kappa shape index (κ2) is 5.02. The van der Waals surface area contributed by atoms with Gasteiger partial charge in [-0.05, 0) is 34.5 Å². The van der Waals surface area contributed by atoms with Crippen LogP contribution in [0.15, 0.2) is 78.9 Å². The van der Waals surface area contributed by atoms with E-state index in [2.05, 4.69) is 72.8 Å². The molecule has 0 saturated heterocycles. The zero-order valence-electron chi connectivity index (χ0n) is 11.7. The minimum atomic E-state index is 0.879. The number of fused-ring (bicyclic) bond motifs is 2. The van der Waals surface area contributed by atoms with Crippen molar-refractivity contribution in [2.75, 3.05) is 0 Å². The highest BCUT2D eigenvalue weighted by molar-refractivity contribution is 5.96. The Morgan fingerprint density at radius 1 is 0.619 bits per heavy atom. The lowest BCUT2D eigenvalue weighted by atomic mass is 10.1. The molecule has 1 heterocycles. The van der Waals surface area contributed by atoms with Crippen molar-refractivity contribution in [3.63, 3.8) is 0 Å². The summed E-state index contributed by atoms with van der Waals surface area (Å²) in [5.41, 5.74) is 3.48. The Bertz CT molecular complexity index is 910. The summed E-state index contributed by atoms with van der Waals surface area (Å²) in [4.78, 5) is 4.82. The molecule has 0 fully saturated rings.